The molecule has 142 valence electrons. The molecule has 6 nitrogen and oxygen atoms in total. The van der Waals surface area contributed by atoms with Crippen LogP contribution < -0.4 is 5.32 Å². The molecular weight excluding hydrogens is 340 g/mol. The lowest BCUT2D eigenvalue weighted by molar-refractivity contribution is -0.117. The van der Waals surface area contributed by atoms with Crippen molar-refractivity contribution in [3.63, 3.8) is 0 Å². The van der Waals surface area contributed by atoms with Crippen LogP contribution in [0.2, 0.25) is 0 Å². The van der Waals surface area contributed by atoms with E-state index in [1.165, 1.54) is 18.4 Å². The number of phenolic OH excluding ortho intramolecular Hbond substituents is 1. The van der Waals surface area contributed by atoms with E-state index in [4.69, 9.17) is 0 Å². The highest BCUT2D eigenvalue weighted by molar-refractivity contribution is 5.91. The Morgan fingerprint density at radius 3 is 2.67 bits per heavy atom. The zero-order valence-electron chi connectivity index (χ0n) is 15.5. The van der Waals surface area contributed by atoms with Crippen molar-refractivity contribution in [2.75, 3.05) is 25.0 Å². The van der Waals surface area contributed by atoms with Gasteiger partial charge in [-0.2, -0.15) is 5.10 Å². The SMILES string of the molecule is O=C(CN1CC=C(c2ccc(O)cc2)CC1)Nc1ccnn1C1CCCC1. The Hall–Kier alpha value is -2.60. The summed E-state index contributed by atoms with van der Waals surface area (Å²) in [5, 5.41) is 16.9. The summed E-state index contributed by atoms with van der Waals surface area (Å²) < 4.78 is 1.98. The number of nitrogens with zero attached hydrogens (tertiary/aromatic N) is 3. The molecule has 2 heterocycles. The Balaban J connectivity index is 1.32. The third-order valence-corrected chi connectivity index (χ3v) is 5.51. The van der Waals surface area contributed by atoms with Gasteiger partial charge in [-0.05, 0) is 42.5 Å². The summed E-state index contributed by atoms with van der Waals surface area (Å²) in [6.45, 7) is 1.99. The molecule has 0 saturated heterocycles. The van der Waals surface area contributed by atoms with Gasteiger partial charge in [0.1, 0.15) is 11.6 Å². The van der Waals surface area contributed by atoms with E-state index in [9.17, 15) is 9.90 Å². The van der Waals surface area contributed by atoms with Crippen LogP contribution in [0.5, 0.6) is 5.75 Å². The van der Waals surface area contributed by atoms with Crippen LogP contribution in [0, 0.1) is 0 Å². The van der Waals surface area contributed by atoms with Crippen molar-refractivity contribution in [3.8, 4) is 5.75 Å². The lowest BCUT2D eigenvalue weighted by Crippen LogP contribution is -2.36. The number of anilines is 1. The number of carbonyl (C=O) groups is 1. The average Bonchev–Trinajstić information content (AvgIpc) is 3.34. The first kappa shape index (κ1) is 17.8. The van der Waals surface area contributed by atoms with E-state index in [-0.39, 0.29) is 11.7 Å². The maximum atomic E-state index is 12.5. The molecule has 0 atom stereocenters. The smallest absolute Gasteiger partial charge is 0.239 e. The maximum absolute atomic E-state index is 12.5. The van der Waals surface area contributed by atoms with Gasteiger partial charge in [-0.15, -0.1) is 0 Å². The zero-order valence-corrected chi connectivity index (χ0v) is 15.5. The molecule has 4 rings (SSSR count). The number of phenols is 1. The first-order valence-electron chi connectivity index (χ1n) is 9.73. The van der Waals surface area contributed by atoms with E-state index in [2.05, 4.69) is 21.4 Å². The summed E-state index contributed by atoms with van der Waals surface area (Å²) in [4.78, 5) is 14.6. The van der Waals surface area contributed by atoms with Crippen LogP contribution in [0.1, 0.15) is 43.7 Å². The minimum absolute atomic E-state index is 0.0104. The van der Waals surface area contributed by atoms with Gasteiger partial charge in [-0.1, -0.05) is 31.1 Å². The summed E-state index contributed by atoms with van der Waals surface area (Å²) in [5.41, 5.74) is 2.41. The van der Waals surface area contributed by atoms with E-state index in [1.54, 1.807) is 18.3 Å². The van der Waals surface area contributed by atoms with Gasteiger partial charge in [0.15, 0.2) is 0 Å². The number of hydrogen-bond donors (Lipinski definition) is 2. The van der Waals surface area contributed by atoms with E-state index in [0.717, 1.165) is 43.7 Å². The van der Waals surface area contributed by atoms with Crippen LogP contribution in [0.25, 0.3) is 5.57 Å². The predicted molar refractivity (Wildman–Crippen MR) is 106 cm³/mol. The van der Waals surface area contributed by atoms with E-state index in [1.807, 2.05) is 22.9 Å². The van der Waals surface area contributed by atoms with Crippen molar-refractivity contribution in [3.05, 3.63) is 48.2 Å². The lowest BCUT2D eigenvalue weighted by atomic mass is 9.99. The number of rotatable bonds is 5. The van der Waals surface area contributed by atoms with Crippen molar-refractivity contribution < 1.29 is 9.90 Å². The molecule has 2 N–H and O–H groups in total. The topological polar surface area (TPSA) is 70.4 Å². The number of benzene rings is 1. The third kappa shape index (κ3) is 4.22. The molecule has 0 radical (unpaired) electrons. The van der Waals surface area contributed by atoms with Gasteiger partial charge >= 0.3 is 0 Å². The zero-order chi connectivity index (χ0) is 18.6. The molecule has 1 aromatic heterocycles. The molecule has 1 aromatic carbocycles. The summed E-state index contributed by atoms with van der Waals surface area (Å²) in [6.07, 6.45) is 9.59. The van der Waals surface area contributed by atoms with Crippen LogP contribution in [0.4, 0.5) is 5.82 Å². The van der Waals surface area contributed by atoms with Gasteiger partial charge in [0.05, 0.1) is 18.8 Å². The molecule has 1 aliphatic carbocycles. The molecule has 1 fully saturated rings. The third-order valence-electron chi connectivity index (χ3n) is 5.51. The number of amides is 1. The van der Waals surface area contributed by atoms with E-state index >= 15 is 0 Å². The Morgan fingerprint density at radius 2 is 1.96 bits per heavy atom. The Morgan fingerprint density at radius 1 is 1.19 bits per heavy atom. The highest BCUT2D eigenvalue weighted by atomic mass is 16.3. The quantitative estimate of drug-likeness (QED) is 0.850. The summed E-state index contributed by atoms with van der Waals surface area (Å²) in [6, 6.07) is 9.60. The Bertz CT molecular complexity index is 819. The minimum atomic E-state index is 0.0104. The van der Waals surface area contributed by atoms with Gasteiger partial charge in [0.2, 0.25) is 5.91 Å². The minimum Gasteiger partial charge on any atom is -0.508 e. The normalized spacial score (nSPS) is 18.4. The van der Waals surface area contributed by atoms with Gasteiger partial charge in [-0.3, -0.25) is 9.69 Å². The predicted octanol–water partition coefficient (Wildman–Crippen LogP) is 3.43. The van der Waals surface area contributed by atoms with Crippen molar-refractivity contribution >= 4 is 17.3 Å². The summed E-state index contributed by atoms with van der Waals surface area (Å²) in [5.74, 6) is 1.10. The number of hydrogen-bond acceptors (Lipinski definition) is 4. The average molecular weight is 366 g/mol. The van der Waals surface area contributed by atoms with E-state index in [0.29, 0.717) is 12.6 Å². The number of aromatic hydroxyl groups is 1. The molecule has 1 saturated carbocycles. The van der Waals surface area contributed by atoms with Crippen molar-refractivity contribution in [2.24, 2.45) is 0 Å². The molecule has 0 unspecified atom stereocenters. The van der Waals surface area contributed by atoms with Crippen LogP contribution in [0.15, 0.2) is 42.6 Å². The molecule has 6 heteroatoms. The number of carbonyl (C=O) groups excluding carboxylic acids is 1. The highest BCUT2D eigenvalue weighted by Gasteiger charge is 2.21. The first-order valence-corrected chi connectivity index (χ1v) is 9.73. The molecule has 2 aromatic rings. The summed E-state index contributed by atoms with van der Waals surface area (Å²) >= 11 is 0. The van der Waals surface area contributed by atoms with Gasteiger partial charge in [0.25, 0.3) is 0 Å². The maximum Gasteiger partial charge on any atom is 0.239 e. The molecule has 2 aliphatic rings. The molecular formula is C21H26N4O2. The standard InChI is InChI=1S/C21H26N4O2/c26-19-7-5-16(6-8-19)17-10-13-24(14-11-17)15-21(27)23-20-9-12-22-25(20)18-3-1-2-4-18/h5-10,12,18,26H,1-4,11,13-15H2,(H,23,27). The van der Waals surface area contributed by atoms with Crippen molar-refractivity contribution in [1.82, 2.24) is 14.7 Å². The first-order chi connectivity index (χ1) is 13.2. The molecule has 0 spiro atoms. The Kier molecular flexibility index (Phi) is 5.25. The molecule has 1 aliphatic heterocycles. The Labute approximate surface area is 159 Å². The van der Waals surface area contributed by atoms with Crippen molar-refractivity contribution in [2.45, 2.75) is 38.1 Å². The lowest BCUT2D eigenvalue weighted by Gasteiger charge is -2.26. The van der Waals surface area contributed by atoms with E-state index < -0.39 is 0 Å². The van der Waals surface area contributed by atoms with Crippen LogP contribution in [0.3, 0.4) is 0 Å². The monoisotopic (exact) mass is 366 g/mol. The van der Waals surface area contributed by atoms with Gasteiger partial charge in [0, 0.05) is 19.2 Å². The fourth-order valence-electron chi connectivity index (χ4n) is 4.03. The fraction of sp³-hybridized carbons (Fsp3) is 0.429. The number of aromatic nitrogens is 2. The van der Waals surface area contributed by atoms with Crippen molar-refractivity contribution in [1.29, 1.82) is 0 Å². The largest absolute Gasteiger partial charge is 0.508 e. The van der Waals surface area contributed by atoms with Crippen LogP contribution >= 0.6 is 0 Å². The van der Waals surface area contributed by atoms with Crippen LogP contribution in [-0.2, 0) is 4.79 Å². The molecule has 1 amide bonds. The van der Waals surface area contributed by atoms with Gasteiger partial charge in [-0.25, -0.2) is 4.68 Å². The second-order valence-corrected chi connectivity index (χ2v) is 7.41. The second kappa shape index (κ2) is 7.96. The molecule has 27 heavy (non-hydrogen) atoms. The van der Waals surface area contributed by atoms with Crippen LogP contribution in [-0.4, -0.2) is 45.3 Å². The van der Waals surface area contributed by atoms with Gasteiger partial charge < -0.3 is 10.4 Å². The highest BCUT2D eigenvalue weighted by Crippen LogP contribution is 2.31. The fourth-order valence-corrected chi connectivity index (χ4v) is 4.03. The second-order valence-electron chi connectivity index (χ2n) is 7.41. The summed E-state index contributed by atoms with van der Waals surface area (Å²) in [7, 11) is 0. The molecule has 0 bridgehead atoms. The number of nitrogens with one attached hydrogen (secondary N) is 1.